The van der Waals surface area contributed by atoms with Gasteiger partial charge in [0.05, 0.1) is 18.8 Å². The van der Waals surface area contributed by atoms with Gasteiger partial charge in [-0.2, -0.15) is 0 Å². The molecule has 8 heteroatoms. The van der Waals surface area contributed by atoms with Gasteiger partial charge < -0.3 is 15.0 Å². The van der Waals surface area contributed by atoms with Crippen LogP contribution in [0.2, 0.25) is 0 Å². The molecule has 2 aliphatic rings. The van der Waals surface area contributed by atoms with Crippen LogP contribution in [0.3, 0.4) is 0 Å². The maximum atomic E-state index is 12.4. The predicted octanol–water partition coefficient (Wildman–Crippen LogP) is 0.863. The Bertz CT molecular complexity index is 814. The number of carbonyl (C=O) groups is 2. The van der Waals surface area contributed by atoms with E-state index in [-0.39, 0.29) is 24.3 Å². The average Bonchev–Trinajstić information content (AvgIpc) is 3.09. The van der Waals surface area contributed by atoms with E-state index in [1.165, 1.54) is 0 Å². The van der Waals surface area contributed by atoms with Crippen molar-refractivity contribution in [1.29, 1.82) is 0 Å². The Balaban J connectivity index is 1.41. The smallest absolute Gasteiger partial charge is 0.245 e. The highest BCUT2D eigenvalue weighted by Gasteiger charge is 2.28. The summed E-state index contributed by atoms with van der Waals surface area (Å²) in [6, 6.07) is 9.90. The summed E-state index contributed by atoms with van der Waals surface area (Å²) in [5.74, 6) is 0.0587. The van der Waals surface area contributed by atoms with Crippen LogP contribution in [-0.2, 0) is 40.5 Å². The third kappa shape index (κ3) is 4.00. The zero-order valence-electron chi connectivity index (χ0n) is 15.1. The van der Waals surface area contributed by atoms with E-state index in [1.807, 2.05) is 30.3 Å². The van der Waals surface area contributed by atoms with Gasteiger partial charge in [0, 0.05) is 25.7 Å². The van der Waals surface area contributed by atoms with E-state index in [0.29, 0.717) is 32.8 Å². The summed E-state index contributed by atoms with van der Waals surface area (Å²) in [6.45, 7) is 2.79. The third-order valence-corrected chi connectivity index (χ3v) is 5.13. The van der Waals surface area contributed by atoms with Gasteiger partial charge in [0.25, 0.3) is 0 Å². The quantitative estimate of drug-likeness (QED) is 0.845. The Labute approximate surface area is 157 Å². The number of fused-ring (bicyclic) bond motifs is 1. The van der Waals surface area contributed by atoms with Gasteiger partial charge in [0.15, 0.2) is 0 Å². The van der Waals surface area contributed by atoms with Crippen LogP contribution >= 0.6 is 0 Å². The Morgan fingerprint density at radius 2 is 1.96 bits per heavy atom. The molecule has 27 heavy (non-hydrogen) atoms. The molecule has 1 saturated heterocycles. The van der Waals surface area contributed by atoms with E-state index in [1.54, 1.807) is 9.58 Å². The molecular weight excluding hydrogens is 346 g/mol. The van der Waals surface area contributed by atoms with Gasteiger partial charge in [0.2, 0.25) is 11.8 Å². The van der Waals surface area contributed by atoms with Crippen LogP contribution in [0.4, 0.5) is 0 Å². The van der Waals surface area contributed by atoms with Crippen LogP contribution in [-0.4, -0.2) is 44.9 Å². The van der Waals surface area contributed by atoms with Crippen molar-refractivity contribution < 1.29 is 14.3 Å². The van der Waals surface area contributed by atoms with Gasteiger partial charge in [-0.05, 0) is 18.4 Å². The molecule has 0 aliphatic carbocycles. The minimum absolute atomic E-state index is 0.00121. The van der Waals surface area contributed by atoms with E-state index in [0.717, 1.165) is 29.8 Å². The first-order valence-electron chi connectivity index (χ1n) is 9.29. The zero-order chi connectivity index (χ0) is 18.6. The summed E-state index contributed by atoms with van der Waals surface area (Å²) < 4.78 is 6.94. The lowest BCUT2D eigenvalue weighted by molar-refractivity contribution is -0.135. The molecule has 2 aliphatic heterocycles. The minimum Gasteiger partial charge on any atom is -0.381 e. The lowest BCUT2D eigenvalue weighted by Gasteiger charge is -2.28. The molecule has 0 bridgehead atoms. The summed E-state index contributed by atoms with van der Waals surface area (Å²) in [5.41, 5.74) is 2.69. The van der Waals surface area contributed by atoms with Crippen LogP contribution in [0.5, 0.6) is 0 Å². The van der Waals surface area contributed by atoms with Crippen molar-refractivity contribution >= 4 is 11.8 Å². The van der Waals surface area contributed by atoms with Crippen LogP contribution < -0.4 is 5.32 Å². The molecule has 0 radical (unpaired) electrons. The Kier molecular flexibility index (Phi) is 5.15. The highest BCUT2D eigenvalue weighted by atomic mass is 16.5. The van der Waals surface area contributed by atoms with E-state index in [9.17, 15) is 9.59 Å². The molecule has 142 valence electrons. The Hall–Kier alpha value is -2.74. The summed E-state index contributed by atoms with van der Waals surface area (Å²) in [5, 5.41) is 11.2. The molecule has 1 N–H and O–H groups in total. The molecule has 0 saturated carbocycles. The molecule has 1 aromatic heterocycles. The zero-order valence-corrected chi connectivity index (χ0v) is 15.1. The Morgan fingerprint density at radius 1 is 1.19 bits per heavy atom. The van der Waals surface area contributed by atoms with Crippen LogP contribution in [0.1, 0.15) is 29.8 Å². The molecule has 1 aromatic carbocycles. The van der Waals surface area contributed by atoms with Crippen molar-refractivity contribution in [3.8, 4) is 0 Å². The maximum absolute atomic E-state index is 12.4. The molecule has 0 spiro atoms. The molecule has 2 aromatic rings. The fourth-order valence-corrected chi connectivity index (χ4v) is 3.53. The van der Waals surface area contributed by atoms with Gasteiger partial charge in [-0.3, -0.25) is 9.59 Å². The molecule has 0 atom stereocenters. The van der Waals surface area contributed by atoms with E-state index < -0.39 is 0 Å². The second kappa shape index (κ2) is 7.87. The lowest BCUT2D eigenvalue weighted by Crippen LogP contribution is -2.39. The van der Waals surface area contributed by atoms with Gasteiger partial charge in [0.1, 0.15) is 12.2 Å². The van der Waals surface area contributed by atoms with Crippen molar-refractivity contribution in [3.05, 3.63) is 47.3 Å². The van der Waals surface area contributed by atoms with Crippen molar-refractivity contribution in [2.75, 3.05) is 13.2 Å². The van der Waals surface area contributed by atoms with E-state index >= 15 is 0 Å². The first-order valence-corrected chi connectivity index (χ1v) is 9.29. The van der Waals surface area contributed by atoms with Crippen LogP contribution in [0.15, 0.2) is 30.3 Å². The highest BCUT2D eigenvalue weighted by Crippen LogP contribution is 2.19. The molecule has 8 nitrogen and oxygen atoms in total. The van der Waals surface area contributed by atoms with Crippen molar-refractivity contribution in [2.45, 2.75) is 39.0 Å². The molecule has 3 heterocycles. The number of nitrogens with one attached hydrogen (secondary N) is 1. The summed E-state index contributed by atoms with van der Waals surface area (Å²) >= 11 is 0. The second-order valence-electron chi connectivity index (χ2n) is 6.98. The molecule has 2 amide bonds. The number of nitrogens with zero attached hydrogens (tertiary/aromatic N) is 4. The average molecular weight is 369 g/mol. The van der Waals surface area contributed by atoms with Gasteiger partial charge in [-0.1, -0.05) is 35.5 Å². The van der Waals surface area contributed by atoms with Gasteiger partial charge in [-0.15, -0.1) is 5.10 Å². The van der Waals surface area contributed by atoms with Crippen molar-refractivity contribution in [1.82, 2.24) is 25.2 Å². The van der Waals surface area contributed by atoms with Gasteiger partial charge >= 0.3 is 0 Å². The summed E-state index contributed by atoms with van der Waals surface area (Å²) in [6.07, 6.45) is 1.51. The number of hydrogen-bond donors (Lipinski definition) is 1. The summed E-state index contributed by atoms with van der Waals surface area (Å²) in [4.78, 5) is 26.5. The molecule has 4 rings (SSSR count). The number of ether oxygens (including phenoxy) is 1. The Morgan fingerprint density at radius 3 is 2.74 bits per heavy atom. The number of carbonyl (C=O) groups excluding carboxylic acids is 2. The first-order chi connectivity index (χ1) is 13.2. The van der Waals surface area contributed by atoms with E-state index in [4.69, 9.17) is 4.74 Å². The van der Waals surface area contributed by atoms with Gasteiger partial charge in [-0.25, -0.2) is 4.68 Å². The fraction of sp³-hybridized carbons (Fsp3) is 0.474. The molecule has 0 unspecified atom stereocenters. The molecule has 1 fully saturated rings. The summed E-state index contributed by atoms with van der Waals surface area (Å²) in [7, 11) is 0. The van der Waals surface area contributed by atoms with Crippen LogP contribution in [0.25, 0.3) is 0 Å². The highest BCUT2D eigenvalue weighted by molar-refractivity contribution is 5.79. The van der Waals surface area contributed by atoms with Crippen LogP contribution in [0, 0.1) is 5.92 Å². The number of benzene rings is 1. The SMILES string of the molecule is O=C(NCc1nnn2c1CN(Cc1ccccc1)C(=O)C2)C1CCOCC1. The fourth-order valence-electron chi connectivity index (χ4n) is 3.53. The minimum atomic E-state index is 0.00121. The molecular formula is C19H23N5O3. The van der Waals surface area contributed by atoms with E-state index in [2.05, 4.69) is 15.6 Å². The normalized spacial score (nSPS) is 17.6. The maximum Gasteiger partial charge on any atom is 0.245 e. The second-order valence-corrected chi connectivity index (χ2v) is 6.98. The number of rotatable bonds is 5. The lowest BCUT2D eigenvalue weighted by atomic mass is 9.99. The van der Waals surface area contributed by atoms with Crippen molar-refractivity contribution in [2.24, 2.45) is 5.92 Å². The standard InChI is InChI=1S/C19H23N5O3/c25-18-13-24-17(12-23(18)11-14-4-2-1-3-5-14)16(21-22-24)10-20-19(26)15-6-8-27-9-7-15/h1-5,15H,6-13H2,(H,20,26). The largest absolute Gasteiger partial charge is 0.381 e. The monoisotopic (exact) mass is 369 g/mol. The first kappa shape index (κ1) is 17.7. The van der Waals surface area contributed by atoms with Crippen molar-refractivity contribution in [3.63, 3.8) is 0 Å². The predicted molar refractivity (Wildman–Crippen MR) is 96.1 cm³/mol. The number of aromatic nitrogens is 3. The number of amides is 2. The number of hydrogen-bond acceptors (Lipinski definition) is 5. The third-order valence-electron chi connectivity index (χ3n) is 5.13. The topological polar surface area (TPSA) is 89.4 Å².